The van der Waals surface area contributed by atoms with Crippen molar-refractivity contribution in [3.63, 3.8) is 0 Å². The van der Waals surface area contributed by atoms with Crippen molar-refractivity contribution in [3.05, 3.63) is 52.0 Å². The first kappa shape index (κ1) is 19.8. The molecule has 1 N–H and O–H groups in total. The highest BCUT2D eigenvalue weighted by Gasteiger charge is 2.30. The van der Waals surface area contributed by atoms with E-state index in [2.05, 4.69) is 9.82 Å². The summed E-state index contributed by atoms with van der Waals surface area (Å²) >= 11 is 1.49. The van der Waals surface area contributed by atoms with Gasteiger partial charge in [-0.25, -0.2) is 27.0 Å². The van der Waals surface area contributed by atoms with Crippen LogP contribution < -0.4 is 15.1 Å². The number of hydrogen-bond acceptors (Lipinski definition) is 6. The maximum atomic E-state index is 13.5. The molecule has 0 amide bonds. The largest absolute Gasteiger partial charge is 0.495 e. The van der Waals surface area contributed by atoms with E-state index in [-0.39, 0.29) is 35.5 Å². The van der Waals surface area contributed by atoms with Crippen LogP contribution in [0.4, 0.5) is 4.39 Å². The first-order valence-corrected chi connectivity index (χ1v) is 11.3. The molecular weight excluding hydrogens is 419 g/mol. The fourth-order valence-electron chi connectivity index (χ4n) is 3.03. The van der Waals surface area contributed by atoms with Crippen molar-refractivity contribution in [2.24, 2.45) is 0 Å². The molecule has 29 heavy (non-hydrogen) atoms. The molecule has 2 heterocycles. The molecule has 0 spiro atoms. The van der Waals surface area contributed by atoms with E-state index in [0.29, 0.717) is 5.82 Å². The van der Waals surface area contributed by atoms with Crippen LogP contribution in [0.2, 0.25) is 0 Å². The molecule has 0 unspecified atom stereocenters. The lowest BCUT2D eigenvalue weighted by Crippen LogP contribution is -2.32. The summed E-state index contributed by atoms with van der Waals surface area (Å²) in [5.74, 6) is -0.0534. The summed E-state index contributed by atoms with van der Waals surface area (Å²) < 4.78 is 48.9. The fourth-order valence-corrected chi connectivity index (χ4v) is 4.93. The second-order valence-corrected chi connectivity index (χ2v) is 9.28. The molecule has 1 aliphatic carbocycles. The van der Waals surface area contributed by atoms with Crippen molar-refractivity contribution in [2.45, 2.75) is 30.3 Å². The molecule has 0 saturated heterocycles. The number of thiophene rings is 1. The first-order valence-electron chi connectivity index (χ1n) is 8.97. The van der Waals surface area contributed by atoms with Crippen LogP contribution in [0.1, 0.15) is 18.9 Å². The third kappa shape index (κ3) is 3.98. The number of ether oxygens (including phenoxy) is 1. The summed E-state index contributed by atoms with van der Waals surface area (Å²) in [6.45, 7) is -0.0265. The summed E-state index contributed by atoms with van der Waals surface area (Å²) in [4.78, 5) is 13.3. The Hall–Kier alpha value is -2.50. The maximum Gasteiger partial charge on any atom is 0.346 e. The van der Waals surface area contributed by atoms with Gasteiger partial charge in [0.15, 0.2) is 5.82 Å². The molecule has 154 valence electrons. The van der Waals surface area contributed by atoms with Gasteiger partial charge in [-0.1, -0.05) is 6.07 Å². The first-order chi connectivity index (χ1) is 13.9. The predicted molar refractivity (Wildman–Crippen MR) is 106 cm³/mol. The van der Waals surface area contributed by atoms with Crippen molar-refractivity contribution in [1.82, 2.24) is 19.1 Å². The van der Waals surface area contributed by atoms with Gasteiger partial charge >= 0.3 is 5.69 Å². The molecule has 3 aromatic rings. The number of nitrogens with zero attached hydrogens (tertiary/aromatic N) is 3. The van der Waals surface area contributed by atoms with Gasteiger partial charge in [0.05, 0.1) is 18.5 Å². The molecule has 1 saturated carbocycles. The normalized spacial score (nSPS) is 14.3. The van der Waals surface area contributed by atoms with E-state index in [4.69, 9.17) is 4.74 Å². The van der Waals surface area contributed by atoms with Crippen LogP contribution in [-0.2, 0) is 16.6 Å². The van der Waals surface area contributed by atoms with Gasteiger partial charge in [0.25, 0.3) is 0 Å². The van der Waals surface area contributed by atoms with Crippen molar-refractivity contribution in [3.8, 4) is 16.5 Å². The molecule has 4 rings (SSSR count). The Morgan fingerprint density at radius 1 is 1.34 bits per heavy atom. The van der Waals surface area contributed by atoms with E-state index in [0.717, 1.165) is 29.9 Å². The summed E-state index contributed by atoms with van der Waals surface area (Å²) in [6, 6.07) is 7.19. The fraction of sp³-hybridized carbons (Fsp3) is 0.333. The number of aromatic nitrogens is 3. The number of sulfonamides is 1. The minimum absolute atomic E-state index is 0.0362. The molecule has 0 radical (unpaired) electrons. The van der Waals surface area contributed by atoms with Crippen molar-refractivity contribution >= 4 is 21.4 Å². The smallest absolute Gasteiger partial charge is 0.346 e. The minimum Gasteiger partial charge on any atom is -0.495 e. The zero-order valence-electron chi connectivity index (χ0n) is 15.5. The lowest BCUT2D eigenvalue weighted by Gasteiger charge is -2.10. The van der Waals surface area contributed by atoms with Crippen LogP contribution in [0.5, 0.6) is 5.75 Å². The maximum absolute atomic E-state index is 13.5. The molecule has 0 bridgehead atoms. The number of benzene rings is 1. The molecule has 1 aliphatic rings. The van der Waals surface area contributed by atoms with Gasteiger partial charge in [-0.15, -0.1) is 16.4 Å². The standard InChI is InChI=1S/C18H19FN4O4S2/c1-27-14-7-4-12(19)11-16(14)29(25,26)20-8-9-22-18(24)23(13-5-6-13)17(21-22)15-3-2-10-28-15/h2-4,7,10-11,13,20H,5-6,8-9H2,1H3. The molecule has 1 fully saturated rings. The third-order valence-electron chi connectivity index (χ3n) is 4.55. The summed E-state index contributed by atoms with van der Waals surface area (Å²) in [5, 5.41) is 6.32. The van der Waals surface area contributed by atoms with E-state index in [1.807, 2.05) is 17.5 Å². The highest BCUT2D eigenvalue weighted by molar-refractivity contribution is 7.89. The molecule has 8 nitrogen and oxygen atoms in total. The van der Waals surface area contributed by atoms with Crippen molar-refractivity contribution < 1.29 is 17.5 Å². The number of halogens is 1. The third-order valence-corrected chi connectivity index (χ3v) is 6.90. The lowest BCUT2D eigenvalue weighted by atomic mass is 10.3. The number of hydrogen-bond donors (Lipinski definition) is 1. The van der Waals surface area contributed by atoms with E-state index in [9.17, 15) is 17.6 Å². The van der Waals surface area contributed by atoms with Crippen LogP contribution in [0.3, 0.4) is 0 Å². The second-order valence-electron chi connectivity index (χ2n) is 6.60. The molecule has 0 atom stereocenters. The quantitative estimate of drug-likeness (QED) is 0.582. The van der Waals surface area contributed by atoms with Crippen LogP contribution in [0.15, 0.2) is 45.4 Å². The van der Waals surface area contributed by atoms with Gasteiger partial charge < -0.3 is 4.74 Å². The van der Waals surface area contributed by atoms with Crippen LogP contribution in [0.25, 0.3) is 10.7 Å². The molecule has 11 heteroatoms. The molecular formula is C18H19FN4O4S2. The van der Waals surface area contributed by atoms with E-state index in [1.165, 1.54) is 29.2 Å². The van der Waals surface area contributed by atoms with Gasteiger partial charge in [-0.05, 0) is 42.5 Å². The van der Waals surface area contributed by atoms with Gasteiger partial charge in [0.2, 0.25) is 10.0 Å². The SMILES string of the molecule is COc1ccc(F)cc1S(=O)(=O)NCCn1nc(-c2cccs2)n(C2CC2)c1=O. The molecule has 1 aromatic carbocycles. The van der Waals surface area contributed by atoms with Crippen LogP contribution >= 0.6 is 11.3 Å². The van der Waals surface area contributed by atoms with Crippen molar-refractivity contribution in [1.29, 1.82) is 0 Å². The number of nitrogens with one attached hydrogen (secondary N) is 1. The van der Waals surface area contributed by atoms with Gasteiger partial charge in [0.1, 0.15) is 16.5 Å². The monoisotopic (exact) mass is 438 g/mol. The lowest BCUT2D eigenvalue weighted by molar-refractivity contribution is 0.400. The van der Waals surface area contributed by atoms with Crippen LogP contribution in [-0.4, -0.2) is 36.4 Å². The van der Waals surface area contributed by atoms with Gasteiger partial charge in [-0.2, -0.15) is 0 Å². The Bertz CT molecular complexity index is 1180. The second kappa shape index (κ2) is 7.73. The molecule has 0 aliphatic heterocycles. The average molecular weight is 439 g/mol. The Balaban J connectivity index is 1.54. The van der Waals surface area contributed by atoms with E-state index >= 15 is 0 Å². The zero-order valence-corrected chi connectivity index (χ0v) is 17.2. The average Bonchev–Trinajstić information content (AvgIpc) is 3.27. The highest BCUT2D eigenvalue weighted by atomic mass is 32.2. The predicted octanol–water partition coefficient (Wildman–Crippen LogP) is 2.23. The van der Waals surface area contributed by atoms with E-state index < -0.39 is 15.8 Å². The Kier molecular flexibility index (Phi) is 5.28. The van der Waals surface area contributed by atoms with Crippen LogP contribution in [0, 0.1) is 5.82 Å². The molecule has 2 aromatic heterocycles. The highest BCUT2D eigenvalue weighted by Crippen LogP contribution is 2.37. The Morgan fingerprint density at radius 3 is 2.79 bits per heavy atom. The Morgan fingerprint density at radius 2 is 2.14 bits per heavy atom. The van der Waals surface area contributed by atoms with Crippen molar-refractivity contribution in [2.75, 3.05) is 13.7 Å². The van der Waals surface area contributed by atoms with Gasteiger partial charge in [-0.3, -0.25) is 4.57 Å². The topological polar surface area (TPSA) is 95.2 Å². The van der Waals surface area contributed by atoms with Gasteiger partial charge in [0, 0.05) is 12.6 Å². The summed E-state index contributed by atoms with van der Waals surface area (Å²) in [7, 11) is -2.71. The summed E-state index contributed by atoms with van der Waals surface area (Å²) in [5.41, 5.74) is -0.265. The minimum atomic E-state index is -4.02. The Labute approximate surface area is 170 Å². The van der Waals surface area contributed by atoms with E-state index in [1.54, 1.807) is 4.57 Å². The summed E-state index contributed by atoms with van der Waals surface area (Å²) in [6.07, 6.45) is 1.85. The number of methoxy groups -OCH3 is 1. The zero-order chi connectivity index (χ0) is 20.6. The number of rotatable bonds is 8.